The molecule has 0 aromatic heterocycles. The summed E-state index contributed by atoms with van der Waals surface area (Å²) in [6.07, 6.45) is 10.0. The third-order valence-corrected chi connectivity index (χ3v) is 6.77. The summed E-state index contributed by atoms with van der Waals surface area (Å²) in [6.45, 7) is 5.50. The van der Waals surface area contributed by atoms with Crippen LogP contribution in [0.15, 0.2) is 102 Å². The van der Waals surface area contributed by atoms with Gasteiger partial charge in [0.15, 0.2) is 11.5 Å². The Labute approximate surface area is 254 Å². The number of halogens is 2. The van der Waals surface area contributed by atoms with Crippen LogP contribution in [0.1, 0.15) is 44.2 Å². The van der Waals surface area contributed by atoms with E-state index in [0.717, 1.165) is 23.1 Å². The lowest BCUT2D eigenvalue weighted by Gasteiger charge is -2.26. The Morgan fingerprint density at radius 3 is 2.52 bits per heavy atom. The number of hydrogen-bond donors (Lipinski definition) is 1. The maximum absolute atomic E-state index is 12.3. The zero-order valence-corrected chi connectivity index (χ0v) is 25.1. The molecule has 42 heavy (non-hydrogen) atoms. The zero-order chi connectivity index (χ0) is 30.3. The number of alkyl carbamates (subject to hydrolysis) is 1. The molecule has 1 N–H and O–H groups in total. The average Bonchev–Trinajstić information content (AvgIpc) is 2.96. The zero-order valence-electron chi connectivity index (χ0n) is 23.6. The molecule has 0 spiro atoms. The number of ether oxygens (including phenoxy) is 5. The Morgan fingerprint density at radius 2 is 1.83 bits per heavy atom. The minimum absolute atomic E-state index is 0.0303. The summed E-state index contributed by atoms with van der Waals surface area (Å²) in [5, 5.41) is 3.39. The number of hydrogen-bond acceptors (Lipinski definition) is 7. The van der Waals surface area contributed by atoms with E-state index in [0.29, 0.717) is 28.2 Å². The minimum atomic E-state index is -0.808. The maximum atomic E-state index is 12.3. The highest BCUT2D eigenvalue weighted by Crippen LogP contribution is 2.38. The van der Waals surface area contributed by atoms with Gasteiger partial charge in [-0.2, -0.15) is 0 Å². The molecule has 2 aliphatic rings. The molecule has 4 rings (SSSR count). The highest BCUT2D eigenvalue weighted by Gasteiger charge is 2.26. The van der Waals surface area contributed by atoms with E-state index in [2.05, 4.69) is 11.4 Å². The molecule has 2 aromatic rings. The van der Waals surface area contributed by atoms with E-state index in [-0.39, 0.29) is 17.4 Å². The highest BCUT2D eigenvalue weighted by atomic mass is 35.5. The molecule has 8 nitrogen and oxygen atoms in total. The van der Waals surface area contributed by atoms with Crippen LogP contribution in [0.3, 0.4) is 0 Å². The van der Waals surface area contributed by atoms with Crippen LogP contribution in [0, 0.1) is 0 Å². The number of benzene rings is 2. The van der Waals surface area contributed by atoms with Crippen LogP contribution in [0.5, 0.6) is 5.75 Å². The van der Waals surface area contributed by atoms with Crippen molar-refractivity contribution in [2.45, 2.75) is 45.3 Å². The summed E-state index contributed by atoms with van der Waals surface area (Å²) >= 11 is 12.1. The molecule has 2 aromatic carbocycles. The summed E-state index contributed by atoms with van der Waals surface area (Å²) < 4.78 is 27.6. The van der Waals surface area contributed by atoms with Crippen molar-refractivity contribution < 1.29 is 33.3 Å². The summed E-state index contributed by atoms with van der Waals surface area (Å²) in [5.41, 5.74) is 1.91. The molecule has 0 bridgehead atoms. The third kappa shape index (κ3) is 8.44. The monoisotopic (exact) mass is 611 g/mol. The van der Waals surface area contributed by atoms with Gasteiger partial charge in [-0.15, -0.1) is 0 Å². The van der Waals surface area contributed by atoms with E-state index in [1.54, 1.807) is 32.9 Å². The fraction of sp³-hybridized carbons (Fsp3) is 0.250. The van der Waals surface area contributed by atoms with E-state index in [9.17, 15) is 9.59 Å². The summed E-state index contributed by atoms with van der Waals surface area (Å²) in [5.74, 6) is 0.544. The van der Waals surface area contributed by atoms with E-state index < -0.39 is 17.7 Å². The standard InChI is InChI=1S/C32H31Cl2NO7/c1-32(2,3)42-31(37)35-28(30(36)38-4)16-23-18-39-19-29(41-23)25-8-6-5-7-24(25)21-10-12-22(13-11-21)40-17-20-9-14-26(33)27(34)15-20/h5-6,8-16,18-19,24H,7,17H2,1-4H3,(H,35,37)/t24-/m0/s1. The van der Waals surface area contributed by atoms with Crippen LogP contribution in [0.2, 0.25) is 10.0 Å². The van der Waals surface area contributed by atoms with E-state index in [1.165, 1.54) is 25.7 Å². The second-order valence-electron chi connectivity index (χ2n) is 10.4. The molecular formula is C32H31Cl2NO7. The first-order valence-electron chi connectivity index (χ1n) is 13.1. The molecule has 1 aliphatic heterocycles. The molecule has 10 heteroatoms. The summed E-state index contributed by atoms with van der Waals surface area (Å²) in [6, 6.07) is 13.2. The van der Waals surface area contributed by atoms with Crippen LogP contribution in [-0.4, -0.2) is 24.8 Å². The molecule has 1 amide bonds. The quantitative estimate of drug-likeness (QED) is 0.240. The van der Waals surface area contributed by atoms with Gasteiger partial charge in [-0.1, -0.05) is 59.6 Å². The number of nitrogens with one attached hydrogen (secondary N) is 1. The normalized spacial score (nSPS) is 16.7. The van der Waals surface area contributed by atoms with Gasteiger partial charge in [0.25, 0.3) is 0 Å². The van der Waals surface area contributed by atoms with Crippen molar-refractivity contribution in [1.82, 2.24) is 5.32 Å². The van der Waals surface area contributed by atoms with Gasteiger partial charge in [-0.25, -0.2) is 9.59 Å². The summed E-state index contributed by atoms with van der Waals surface area (Å²) in [4.78, 5) is 24.6. The molecular weight excluding hydrogens is 581 g/mol. The molecule has 0 unspecified atom stereocenters. The lowest BCUT2D eigenvalue weighted by Crippen LogP contribution is -2.34. The fourth-order valence-corrected chi connectivity index (χ4v) is 4.45. The van der Waals surface area contributed by atoms with E-state index >= 15 is 0 Å². The highest BCUT2D eigenvalue weighted by molar-refractivity contribution is 6.42. The van der Waals surface area contributed by atoms with Crippen molar-refractivity contribution in [3.63, 3.8) is 0 Å². The SMILES string of the molecule is COC(=O)C(=CC1=COC=C(C2=CC=CC[C@H]2c2ccc(OCc3ccc(Cl)c(Cl)c3)cc2)O1)NC(=O)OC(C)(C)C. The number of rotatable bonds is 8. The van der Waals surface area contributed by atoms with E-state index in [1.807, 2.05) is 42.5 Å². The van der Waals surface area contributed by atoms with Crippen LogP contribution < -0.4 is 10.1 Å². The van der Waals surface area contributed by atoms with Crippen molar-refractivity contribution in [3.8, 4) is 5.75 Å². The molecule has 1 heterocycles. The Kier molecular flexibility index (Phi) is 10.0. The number of carbonyl (C=O) groups is 2. The van der Waals surface area contributed by atoms with Crippen LogP contribution in [0.4, 0.5) is 4.79 Å². The van der Waals surface area contributed by atoms with Gasteiger partial charge in [0.1, 0.15) is 36.2 Å². The first-order chi connectivity index (χ1) is 20.0. The number of amides is 1. The minimum Gasteiger partial charge on any atom is -0.489 e. The lowest BCUT2D eigenvalue weighted by molar-refractivity contribution is -0.136. The lowest BCUT2D eigenvalue weighted by atomic mass is 9.84. The van der Waals surface area contributed by atoms with Gasteiger partial charge in [0.2, 0.25) is 0 Å². The Bertz CT molecular complexity index is 1480. The predicted molar refractivity (Wildman–Crippen MR) is 160 cm³/mol. The van der Waals surface area contributed by atoms with Crippen molar-refractivity contribution in [3.05, 3.63) is 123 Å². The molecule has 0 saturated carbocycles. The molecule has 1 atom stereocenters. The maximum Gasteiger partial charge on any atom is 0.412 e. The van der Waals surface area contributed by atoms with Crippen molar-refractivity contribution in [2.75, 3.05) is 7.11 Å². The molecule has 0 radical (unpaired) electrons. The van der Waals surface area contributed by atoms with Gasteiger partial charge >= 0.3 is 12.1 Å². The van der Waals surface area contributed by atoms with Crippen molar-refractivity contribution in [1.29, 1.82) is 0 Å². The van der Waals surface area contributed by atoms with Crippen LogP contribution in [0.25, 0.3) is 0 Å². The van der Waals surface area contributed by atoms with Gasteiger partial charge < -0.3 is 23.7 Å². The smallest absolute Gasteiger partial charge is 0.412 e. The first kappa shape index (κ1) is 30.8. The second kappa shape index (κ2) is 13.7. The van der Waals surface area contributed by atoms with Crippen LogP contribution >= 0.6 is 23.2 Å². The van der Waals surface area contributed by atoms with Crippen LogP contribution in [-0.2, 0) is 30.3 Å². The van der Waals surface area contributed by atoms with Crippen molar-refractivity contribution in [2.24, 2.45) is 0 Å². The van der Waals surface area contributed by atoms with Gasteiger partial charge in [-0.05, 0) is 62.6 Å². The van der Waals surface area contributed by atoms with Gasteiger partial charge in [0, 0.05) is 17.6 Å². The van der Waals surface area contributed by atoms with Gasteiger partial charge in [-0.3, -0.25) is 5.32 Å². The molecule has 0 fully saturated rings. The number of allylic oxidation sites excluding steroid dienone is 5. The molecule has 220 valence electrons. The molecule has 1 aliphatic carbocycles. The second-order valence-corrected chi connectivity index (χ2v) is 11.2. The topological polar surface area (TPSA) is 92.3 Å². The molecule has 0 saturated heterocycles. The number of esters is 1. The Hall–Kier alpha value is -4.14. The number of carbonyl (C=O) groups excluding carboxylic acids is 2. The predicted octanol–water partition coefficient (Wildman–Crippen LogP) is 7.85. The van der Waals surface area contributed by atoms with Gasteiger partial charge in [0.05, 0.1) is 17.2 Å². The Morgan fingerprint density at radius 1 is 1.07 bits per heavy atom. The largest absolute Gasteiger partial charge is 0.489 e. The fourth-order valence-electron chi connectivity index (χ4n) is 4.13. The average molecular weight is 613 g/mol. The number of methoxy groups -OCH3 is 1. The first-order valence-corrected chi connectivity index (χ1v) is 13.9. The summed E-state index contributed by atoms with van der Waals surface area (Å²) in [7, 11) is 1.21. The Balaban J connectivity index is 1.45. The third-order valence-electron chi connectivity index (χ3n) is 6.03. The van der Waals surface area contributed by atoms with Crippen molar-refractivity contribution >= 4 is 35.3 Å². The van der Waals surface area contributed by atoms with E-state index in [4.69, 9.17) is 46.9 Å².